The van der Waals surface area contributed by atoms with Crippen molar-refractivity contribution in [1.82, 2.24) is 19.2 Å². The lowest BCUT2D eigenvalue weighted by atomic mass is 10.1. The van der Waals surface area contributed by atoms with Gasteiger partial charge in [0.25, 0.3) is 5.91 Å². The van der Waals surface area contributed by atoms with Crippen LogP contribution in [0, 0.1) is 0 Å². The van der Waals surface area contributed by atoms with Crippen LogP contribution in [-0.4, -0.2) is 51.3 Å². The molecule has 0 bridgehead atoms. The number of aromatic nitrogens is 2. The largest absolute Gasteiger partial charge is 0.457 e. The second kappa shape index (κ2) is 8.62. The lowest BCUT2D eigenvalue weighted by molar-refractivity contribution is 0.0626. The van der Waals surface area contributed by atoms with Crippen molar-refractivity contribution in [2.45, 2.75) is 6.54 Å². The van der Waals surface area contributed by atoms with Crippen molar-refractivity contribution in [3.05, 3.63) is 96.4 Å². The third-order valence-corrected chi connectivity index (χ3v) is 5.62. The summed E-state index contributed by atoms with van der Waals surface area (Å²) in [6, 6.07) is 23.0. The summed E-state index contributed by atoms with van der Waals surface area (Å²) >= 11 is 0. The number of pyridine rings is 1. The van der Waals surface area contributed by atoms with E-state index in [1.165, 1.54) is 5.69 Å². The maximum Gasteiger partial charge on any atom is 0.253 e. The highest BCUT2D eigenvalue weighted by Crippen LogP contribution is 2.22. The Morgan fingerprint density at radius 1 is 0.839 bits per heavy atom. The Kier molecular flexibility index (Phi) is 5.37. The molecule has 2 aromatic heterocycles. The Bertz CT molecular complexity index is 1160. The molecular formula is C25H24N4O2. The second-order valence-corrected chi connectivity index (χ2v) is 7.69. The monoisotopic (exact) mass is 412 g/mol. The summed E-state index contributed by atoms with van der Waals surface area (Å²) in [6.45, 7) is 3.97. The number of benzene rings is 2. The highest BCUT2D eigenvalue weighted by Gasteiger charge is 2.22. The third-order valence-electron chi connectivity index (χ3n) is 5.62. The molecule has 0 unspecified atom stereocenters. The van der Waals surface area contributed by atoms with Crippen LogP contribution >= 0.6 is 0 Å². The molecule has 0 radical (unpaired) electrons. The van der Waals surface area contributed by atoms with Gasteiger partial charge in [-0.2, -0.15) is 0 Å². The second-order valence-electron chi connectivity index (χ2n) is 7.69. The van der Waals surface area contributed by atoms with Crippen molar-refractivity contribution in [3.63, 3.8) is 0 Å². The van der Waals surface area contributed by atoms with Gasteiger partial charge >= 0.3 is 0 Å². The summed E-state index contributed by atoms with van der Waals surface area (Å²) in [5.74, 6) is 1.57. The van der Waals surface area contributed by atoms with Crippen LogP contribution in [0.25, 0.3) is 5.65 Å². The molecule has 1 amide bonds. The molecule has 0 saturated carbocycles. The molecule has 1 aliphatic heterocycles. The molecule has 156 valence electrons. The number of hydrogen-bond acceptors (Lipinski definition) is 4. The van der Waals surface area contributed by atoms with E-state index < -0.39 is 0 Å². The lowest BCUT2D eigenvalue weighted by Gasteiger charge is -2.34. The first kappa shape index (κ1) is 19.3. The van der Waals surface area contributed by atoms with Crippen LogP contribution in [0.15, 0.2) is 85.2 Å². The van der Waals surface area contributed by atoms with Gasteiger partial charge in [0, 0.05) is 44.5 Å². The molecule has 2 aromatic carbocycles. The van der Waals surface area contributed by atoms with Gasteiger partial charge in [0.1, 0.15) is 17.1 Å². The first-order valence-corrected chi connectivity index (χ1v) is 10.5. The number of rotatable bonds is 5. The SMILES string of the molecule is O=C(c1ccc(Oc2ccccc2)cc1)N1CCN(Cc2cnc3ccccn23)CC1. The summed E-state index contributed by atoms with van der Waals surface area (Å²) in [5, 5.41) is 0. The number of para-hydroxylation sites is 1. The molecule has 5 rings (SSSR count). The van der Waals surface area contributed by atoms with E-state index in [-0.39, 0.29) is 5.91 Å². The van der Waals surface area contributed by atoms with Gasteiger partial charge in [-0.05, 0) is 48.5 Å². The molecule has 1 saturated heterocycles. The molecule has 1 fully saturated rings. The number of amides is 1. The van der Waals surface area contributed by atoms with Crippen LogP contribution in [0.3, 0.4) is 0 Å². The van der Waals surface area contributed by atoms with Gasteiger partial charge in [-0.3, -0.25) is 9.69 Å². The Hall–Kier alpha value is -3.64. The lowest BCUT2D eigenvalue weighted by Crippen LogP contribution is -2.48. The van der Waals surface area contributed by atoms with E-state index in [1.54, 1.807) is 0 Å². The Labute approximate surface area is 181 Å². The first-order valence-electron chi connectivity index (χ1n) is 10.5. The zero-order valence-corrected chi connectivity index (χ0v) is 17.2. The van der Waals surface area contributed by atoms with E-state index in [1.807, 2.05) is 90.1 Å². The minimum absolute atomic E-state index is 0.0701. The van der Waals surface area contributed by atoms with Gasteiger partial charge in [0.2, 0.25) is 0 Å². The van der Waals surface area contributed by atoms with Crippen LogP contribution in [0.1, 0.15) is 16.1 Å². The number of nitrogens with zero attached hydrogens (tertiary/aromatic N) is 4. The average molecular weight is 412 g/mol. The highest BCUT2D eigenvalue weighted by atomic mass is 16.5. The van der Waals surface area contributed by atoms with Gasteiger partial charge in [-0.1, -0.05) is 24.3 Å². The van der Waals surface area contributed by atoms with Gasteiger partial charge < -0.3 is 14.0 Å². The third kappa shape index (κ3) is 4.29. The number of imidazole rings is 1. The molecule has 0 aliphatic carbocycles. The number of carbonyl (C=O) groups is 1. The van der Waals surface area contributed by atoms with Crippen molar-refractivity contribution in [3.8, 4) is 11.5 Å². The van der Waals surface area contributed by atoms with Crippen LogP contribution < -0.4 is 4.74 Å². The fourth-order valence-electron chi connectivity index (χ4n) is 3.91. The quantitative estimate of drug-likeness (QED) is 0.496. The Morgan fingerprint density at radius 2 is 1.55 bits per heavy atom. The van der Waals surface area contributed by atoms with Crippen LogP contribution in [0.5, 0.6) is 11.5 Å². The van der Waals surface area contributed by atoms with Crippen LogP contribution in [0.4, 0.5) is 0 Å². The predicted octanol–water partition coefficient (Wildman–Crippen LogP) is 4.08. The predicted molar refractivity (Wildman–Crippen MR) is 119 cm³/mol. The van der Waals surface area contributed by atoms with Gasteiger partial charge in [-0.25, -0.2) is 4.98 Å². The van der Waals surface area contributed by atoms with Crippen LogP contribution in [0.2, 0.25) is 0 Å². The number of ether oxygens (including phenoxy) is 1. The minimum Gasteiger partial charge on any atom is -0.457 e. The molecule has 6 nitrogen and oxygen atoms in total. The van der Waals surface area contributed by atoms with Crippen molar-refractivity contribution in [1.29, 1.82) is 0 Å². The number of fused-ring (bicyclic) bond motifs is 1. The molecule has 1 aliphatic rings. The first-order chi connectivity index (χ1) is 15.3. The van der Waals surface area contributed by atoms with Crippen LogP contribution in [-0.2, 0) is 6.54 Å². The molecule has 3 heterocycles. The number of hydrogen-bond donors (Lipinski definition) is 0. The zero-order valence-electron chi connectivity index (χ0n) is 17.2. The van der Waals surface area contributed by atoms with Crippen molar-refractivity contribution in [2.24, 2.45) is 0 Å². The normalized spacial score (nSPS) is 14.6. The van der Waals surface area contributed by atoms with E-state index in [0.29, 0.717) is 5.56 Å². The molecule has 0 N–H and O–H groups in total. The summed E-state index contributed by atoms with van der Waals surface area (Å²) in [4.78, 5) is 21.7. The molecular weight excluding hydrogens is 388 g/mol. The molecule has 31 heavy (non-hydrogen) atoms. The van der Waals surface area contributed by atoms with Gasteiger partial charge in [0.05, 0.1) is 11.9 Å². The summed E-state index contributed by atoms with van der Waals surface area (Å²) < 4.78 is 7.94. The average Bonchev–Trinajstić information content (AvgIpc) is 3.23. The smallest absolute Gasteiger partial charge is 0.253 e. The minimum atomic E-state index is 0.0701. The molecule has 0 spiro atoms. The van der Waals surface area contributed by atoms with E-state index in [0.717, 1.165) is 49.9 Å². The van der Waals surface area contributed by atoms with Gasteiger partial charge in [0.15, 0.2) is 0 Å². The van der Waals surface area contributed by atoms with E-state index >= 15 is 0 Å². The summed E-state index contributed by atoms with van der Waals surface area (Å²) in [7, 11) is 0. The maximum atomic E-state index is 12.9. The maximum absolute atomic E-state index is 12.9. The number of carbonyl (C=O) groups excluding carboxylic acids is 1. The Balaban J connectivity index is 1.17. The number of piperazine rings is 1. The fraction of sp³-hybridized carbons (Fsp3) is 0.200. The topological polar surface area (TPSA) is 50.1 Å². The van der Waals surface area contributed by atoms with E-state index in [9.17, 15) is 4.79 Å². The molecule has 6 heteroatoms. The Morgan fingerprint density at radius 3 is 2.32 bits per heavy atom. The standard InChI is InChI=1S/C25H24N4O2/c30-25(20-9-11-23(12-10-20)31-22-6-2-1-3-7-22)28-16-14-27(15-17-28)19-21-18-26-24-8-4-5-13-29(21)24/h1-13,18H,14-17,19H2. The van der Waals surface area contributed by atoms with E-state index in [4.69, 9.17) is 4.74 Å². The highest BCUT2D eigenvalue weighted by molar-refractivity contribution is 5.94. The van der Waals surface area contributed by atoms with Gasteiger partial charge in [-0.15, -0.1) is 0 Å². The van der Waals surface area contributed by atoms with Crippen molar-refractivity contribution < 1.29 is 9.53 Å². The molecule has 4 aromatic rings. The fourth-order valence-corrected chi connectivity index (χ4v) is 3.91. The zero-order chi connectivity index (χ0) is 21.0. The van der Waals surface area contributed by atoms with Crippen molar-refractivity contribution >= 4 is 11.6 Å². The summed E-state index contributed by atoms with van der Waals surface area (Å²) in [6.07, 6.45) is 3.98. The molecule has 0 atom stereocenters. The van der Waals surface area contributed by atoms with E-state index in [2.05, 4.69) is 14.3 Å². The summed E-state index contributed by atoms with van der Waals surface area (Å²) in [5.41, 5.74) is 2.83. The van der Waals surface area contributed by atoms with Crippen molar-refractivity contribution in [2.75, 3.05) is 26.2 Å².